The predicted octanol–water partition coefficient (Wildman–Crippen LogP) is 2.54. The van der Waals surface area contributed by atoms with Crippen LogP contribution in [0.2, 0.25) is 5.02 Å². The molecule has 0 radical (unpaired) electrons. The second kappa shape index (κ2) is 6.94. The zero-order valence-electron chi connectivity index (χ0n) is 10.7. The highest BCUT2D eigenvalue weighted by Crippen LogP contribution is 2.29. The van der Waals surface area contributed by atoms with E-state index in [0.29, 0.717) is 6.54 Å². The molecule has 0 spiro atoms. The molecule has 1 rings (SSSR count). The van der Waals surface area contributed by atoms with E-state index >= 15 is 0 Å². The van der Waals surface area contributed by atoms with Gasteiger partial charge in [0.15, 0.2) is 6.10 Å². The van der Waals surface area contributed by atoms with Gasteiger partial charge in [0.2, 0.25) is 0 Å². The number of ether oxygens (including phenoxy) is 1. The average Bonchev–Trinajstić information content (AvgIpc) is 2.37. The number of benzene rings is 1. The lowest BCUT2D eigenvalue weighted by atomic mass is 10.3. The Morgan fingerprint density at radius 1 is 1.58 bits per heavy atom. The van der Waals surface area contributed by atoms with Gasteiger partial charge in [0.05, 0.1) is 9.95 Å². The second-order valence-electron chi connectivity index (χ2n) is 3.92. The van der Waals surface area contributed by atoms with Crippen LogP contribution in [-0.4, -0.2) is 23.5 Å². The first kappa shape index (κ1) is 15.2. The molecule has 0 heterocycles. The monoisotopic (exact) mass is 286 g/mol. The van der Waals surface area contributed by atoms with Gasteiger partial charge in [0.25, 0.3) is 11.6 Å². The van der Waals surface area contributed by atoms with E-state index in [-0.39, 0.29) is 22.4 Å². The Balaban J connectivity index is 2.71. The number of nitrogens with one attached hydrogen (secondary N) is 1. The van der Waals surface area contributed by atoms with E-state index in [1.54, 1.807) is 6.92 Å². The number of rotatable bonds is 6. The molecule has 6 nitrogen and oxygen atoms in total. The van der Waals surface area contributed by atoms with Crippen molar-refractivity contribution in [1.29, 1.82) is 0 Å². The van der Waals surface area contributed by atoms with Gasteiger partial charge in [-0.05, 0) is 19.4 Å². The number of nitro groups is 1. The number of carbonyl (C=O) groups excluding carboxylic acids is 1. The zero-order valence-corrected chi connectivity index (χ0v) is 11.4. The fraction of sp³-hybridized carbons (Fsp3) is 0.417. The molecular formula is C12H15ClN2O4. The lowest BCUT2D eigenvalue weighted by molar-refractivity contribution is -0.384. The fourth-order valence-corrected chi connectivity index (χ4v) is 1.55. The van der Waals surface area contributed by atoms with Crippen molar-refractivity contribution in [2.75, 3.05) is 6.54 Å². The SMILES string of the molecule is CCCNC(=O)[C@H](C)Oc1ccc([N+](=O)[O-])cc1Cl. The summed E-state index contributed by atoms with van der Waals surface area (Å²) in [4.78, 5) is 21.6. The maximum Gasteiger partial charge on any atom is 0.271 e. The number of non-ortho nitro benzene ring substituents is 1. The van der Waals surface area contributed by atoms with Crippen LogP contribution < -0.4 is 10.1 Å². The van der Waals surface area contributed by atoms with Crippen molar-refractivity contribution in [2.45, 2.75) is 26.4 Å². The summed E-state index contributed by atoms with van der Waals surface area (Å²) in [6, 6.07) is 3.84. The van der Waals surface area contributed by atoms with Gasteiger partial charge < -0.3 is 10.1 Å². The third-order valence-corrected chi connectivity index (χ3v) is 2.64. The van der Waals surface area contributed by atoms with E-state index < -0.39 is 11.0 Å². The standard InChI is InChI=1S/C12H15ClN2O4/c1-3-6-14-12(16)8(2)19-11-5-4-9(15(17)18)7-10(11)13/h4-5,7-8H,3,6H2,1-2H3,(H,14,16)/t8-/m0/s1. The summed E-state index contributed by atoms with van der Waals surface area (Å²) in [6.07, 6.45) is 0.113. The Morgan fingerprint density at radius 3 is 2.79 bits per heavy atom. The lowest BCUT2D eigenvalue weighted by Crippen LogP contribution is -2.36. The van der Waals surface area contributed by atoms with Gasteiger partial charge in [-0.1, -0.05) is 18.5 Å². The number of carbonyl (C=O) groups is 1. The summed E-state index contributed by atoms with van der Waals surface area (Å²) in [7, 11) is 0. The van der Waals surface area contributed by atoms with Crippen LogP contribution in [0.4, 0.5) is 5.69 Å². The van der Waals surface area contributed by atoms with Crippen LogP contribution in [0.15, 0.2) is 18.2 Å². The smallest absolute Gasteiger partial charge is 0.271 e. The van der Waals surface area contributed by atoms with Crippen LogP contribution >= 0.6 is 11.6 Å². The van der Waals surface area contributed by atoms with Gasteiger partial charge in [-0.3, -0.25) is 14.9 Å². The molecule has 0 aliphatic rings. The predicted molar refractivity (Wildman–Crippen MR) is 71.5 cm³/mol. The molecule has 1 aromatic rings. The van der Waals surface area contributed by atoms with Gasteiger partial charge in [0, 0.05) is 18.7 Å². The molecule has 7 heteroatoms. The number of nitrogens with zero attached hydrogens (tertiary/aromatic N) is 1. The molecule has 0 unspecified atom stereocenters. The maximum absolute atomic E-state index is 11.6. The summed E-state index contributed by atoms with van der Waals surface area (Å²) in [5.41, 5.74) is -0.125. The van der Waals surface area contributed by atoms with Crippen LogP contribution in [0.5, 0.6) is 5.75 Å². The Labute approximate surface area is 115 Å². The molecule has 1 N–H and O–H groups in total. The van der Waals surface area contributed by atoms with Crippen LogP contribution in [-0.2, 0) is 4.79 Å². The van der Waals surface area contributed by atoms with E-state index in [1.165, 1.54) is 18.2 Å². The minimum atomic E-state index is -0.717. The van der Waals surface area contributed by atoms with Crippen molar-refractivity contribution in [1.82, 2.24) is 5.32 Å². The number of halogens is 1. The van der Waals surface area contributed by atoms with Crippen molar-refractivity contribution in [3.8, 4) is 5.75 Å². The van der Waals surface area contributed by atoms with Gasteiger partial charge >= 0.3 is 0 Å². The summed E-state index contributed by atoms with van der Waals surface area (Å²) in [5.74, 6) is -0.0114. The van der Waals surface area contributed by atoms with Crippen molar-refractivity contribution in [3.05, 3.63) is 33.3 Å². The van der Waals surface area contributed by atoms with Crippen molar-refractivity contribution < 1.29 is 14.5 Å². The zero-order chi connectivity index (χ0) is 14.4. The summed E-state index contributed by atoms with van der Waals surface area (Å²) < 4.78 is 5.37. The van der Waals surface area contributed by atoms with Gasteiger partial charge in [0.1, 0.15) is 5.75 Å². The number of nitro benzene ring substituents is 1. The van der Waals surface area contributed by atoms with E-state index in [9.17, 15) is 14.9 Å². The Bertz CT molecular complexity index is 479. The van der Waals surface area contributed by atoms with Crippen LogP contribution in [0.1, 0.15) is 20.3 Å². The molecule has 0 aromatic heterocycles. The molecule has 104 valence electrons. The summed E-state index contributed by atoms with van der Waals surface area (Å²) >= 11 is 5.87. The van der Waals surface area contributed by atoms with Gasteiger partial charge in [-0.25, -0.2) is 0 Å². The van der Waals surface area contributed by atoms with E-state index in [1.807, 2.05) is 6.92 Å². The second-order valence-corrected chi connectivity index (χ2v) is 4.33. The molecule has 0 saturated heterocycles. The molecule has 0 saturated carbocycles. The third kappa shape index (κ3) is 4.40. The molecule has 1 amide bonds. The Hall–Kier alpha value is -1.82. The minimum Gasteiger partial charge on any atom is -0.479 e. The molecule has 19 heavy (non-hydrogen) atoms. The Kier molecular flexibility index (Phi) is 5.57. The fourth-order valence-electron chi connectivity index (χ4n) is 1.33. The lowest BCUT2D eigenvalue weighted by Gasteiger charge is -2.15. The number of hydrogen-bond acceptors (Lipinski definition) is 4. The van der Waals surface area contributed by atoms with Crippen LogP contribution in [0, 0.1) is 10.1 Å². The molecule has 1 atom stereocenters. The van der Waals surface area contributed by atoms with Crippen molar-refractivity contribution in [3.63, 3.8) is 0 Å². The normalized spacial score (nSPS) is 11.7. The number of amides is 1. The third-order valence-electron chi connectivity index (χ3n) is 2.35. The molecule has 0 fully saturated rings. The first-order chi connectivity index (χ1) is 8.95. The van der Waals surface area contributed by atoms with Gasteiger partial charge in [-0.15, -0.1) is 0 Å². The molecular weight excluding hydrogens is 272 g/mol. The van der Waals surface area contributed by atoms with Gasteiger partial charge in [-0.2, -0.15) is 0 Å². The average molecular weight is 287 g/mol. The Morgan fingerprint density at radius 2 is 2.26 bits per heavy atom. The van der Waals surface area contributed by atoms with E-state index in [2.05, 4.69) is 5.32 Å². The van der Waals surface area contributed by atoms with Crippen molar-refractivity contribution in [2.24, 2.45) is 0 Å². The van der Waals surface area contributed by atoms with E-state index in [4.69, 9.17) is 16.3 Å². The topological polar surface area (TPSA) is 81.5 Å². The minimum absolute atomic E-state index is 0.101. The molecule has 0 aliphatic heterocycles. The summed E-state index contributed by atoms with van der Waals surface area (Å²) in [6.45, 7) is 4.10. The van der Waals surface area contributed by atoms with Crippen molar-refractivity contribution >= 4 is 23.2 Å². The largest absolute Gasteiger partial charge is 0.479 e. The molecule has 1 aromatic carbocycles. The first-order valence-corrected chi connectivity index (χ1v) is 6.21. The van der Waals surface area contributed by atoms with Crippen LogP contribution in [0.3, 0.4) is 0 Å². The van der Waals surface area contributed by atoms with Crippen LogP contribution in [0.25, 0.3) is 0 Å². The highest BCUT2D eigenvalue weighted by molar-refractivity contribution is 6.32. The highest BCUT2D eigenvalue weighted by Gasteiger charge is 2.17. The maximum atomic E-state index is 11.6. The molecule has 0 bridgehead atoms. The highest BCUT2D eigenvalue weighted by atomic mass is 35.5. The first-order valence-electron chi connectivity index (χ1n) is 5.84. The quantitative estimate of drug-likeness (QED) is 0.643. The number of hydrogen-bond donors (Lipinski definition) is 1. The molecule has 0 aliphatic carbocycles. The summed E-state index contributed by atoms with van der Waals surface area (Å²) in [5, 5.41) is 13.3. The van der Waals surface area contributed by atoms with E-state index in [0.717, 1.165) is 6.42 Å².